The summed E-state index contributed by atoms with van der Waals surface area (Å²) in [6.45, 7) is 3.21. The van der Waals surface area contributed by atoms with Crippen LogP contribution >= 0.6 is 11.6 Å². The molecule has 0 spiro atoms. The first-order valence-corrected chi connectivity index (χ1v) is 5.30. The number of hydrogen-bond donors (Lipinski definition) is 0. The number of halogens is 1. The molecule has 14 heavy (non-hydrogen) atoms. The maximum atomic E-state index is 5.86. The van der Waals surface area contributed by atoms with Crippen LogP contribution in [0.25, 0.3) is 11.0 Å². The molecule has 0 amide bonds. The number of fused-ring (bicyclic) bond motifs is 1. The van der Waals surface area contributed by atoms with Gasteiger partial charge in [0.05, 0.1) is 0 Å². The van der Waals surface area contributed by atoms with Gasteiger partial charge < -0.3 is 4.57 Å². The second-order valence-corrected chi connectivity index (χ2v) is 3.80. The van der Waals surface area contributed by atoms with Gasteiger partial charge >= 0.3 is 0 Å². The normalized spacial score (nSPS) is 11.0. The predicted molar refractivity (Wildman–Crippen MR) is 59.7 cm³/mol. The molecule has 0 atom stereocenters. The average Bonchev–Trinajstić information content (AvgIpc) is 2.57. The fourth-order valence-corrected chi connectivity index (χ4v) is 1.69. The molecule has 0 radical (unpaired) electrons. The molecule has 2 aromatic heterocycles. The minimum absolute atomic E-state index is 0.564. The van der Waals surface area contributed by atoms with E-state index < -0.39 is 0 Å². The van der Waals surface area contributed by atoms with Gasteiger partial charge in [0.25, 0.3) is 0 Å². The fraction of sp³-hybridized carbons (Fsp3) is 0.364. The summed E-state index contributed by atoms with van der Waals surface area (Å²) in [5.74, 6) is 0. The predicted octanol–water partition coefficient (Wildman–Crippen LogP) is 3.49. The molecule has 3 heteroatoms. The van der Waals surface area contributed by atoms with Crippen LogP contribution in [-0.2, 0) is 6.54 Å². The van der Waals surface area contributed by atoms with Crippen molar-refractivity contribution in [3.05, 3.63) is 29.5 Å². The molecular weight excluding hydrogens is 196 g/mol. The monoisotopic (exact) mass is 208 g/mol. The highest BCUT2D eigenvalue weighted by Gasteiger charge is 2.01. The van der Waals surface area contributed by atoms with Crippen molar-refractivity contribution < 1.29 is 0 Å². The zero-order valence-electron chi connectivity index (χ0n) is 8.20. The van der Waals surface area contributed by atoms with Crippen LogP contribution in [0.4, 0.5) is 0 Å². The van der Waals surface area contributed by atoms with Gasteiger partial charge in [-0.1, -0.05) is 24.9 Å². The first-order chi connectivity index (χ1) is 6.81. The van der Waals surface area contributed by atoms with E-state index in [1.807, 2.05) is 12.1 Å². The van der Waals surface area contributed by atoms with Crippen LogP contribution in [0.5, 0.6) is 0 Å². The second-order valence-electron chi connectivity index (χ2n) is 3.41. The number of aromatic nitrogens is 2. The quantitative estimate of drug-likeness (QED) is 0.707. The van der Waals surface area contributed by atoms with Gasteiger partial charge in [0, 0.05) is 18.1 Å². The molecule has 2 heterocycles. The fourth-order valence-electron chi connectivity index (χ4n) is 1.55. The second kappa shape index (κ2) is 4.01. The lowest BCUT2D eigenvalue weighted by Crippen LogP contribution is -1.96. The van der Waals surface area contributed by atoms with Crippen molar-refractivity contribution in [2.75, 3.05) is 0 Å². The topological polar surface area (TPSA) is 17.8 Å². The molecule has 0 N–H and O–H groups in total. The molecule has 0 saturated carbocycles. The average molecular weight is 209 g/mol. The van der Waals surface area contributed by atoms with Crippen molar-refractivity contribution in [1.82, 2.24) is 9.55 Å². The van der Waals surface area contributed by atoms with Crippen molar-refractivity contribution in [3.8, 4) is 0 Å². The van der Waals surface area contributed by atoms with Crippen LogP contribution in [0.2, 0.25) is 5.15 Å². The smallest absolute Gasteiger partial charge is 0.141 e. The van der Waals surface area contributed by atoms with E-state index >= 15 is 0 Å². The van der Waals surface area contributed by atoms with Crippen LogP contribution in [-0.4, -0.2) is 9.55 Å². The first-order valence-electron chi connectivity index (χ1n) is 4.92. The Balaban J connectivity index is 2.40. The molecule has 0 fully saturated rings. The summed E-state index contributed by atoms with van der Waals surface area (Å²) < 4.78 is 2.16. The van der Waals surface area contributed by atoms with Crippen molar-refractivity contribution in [2.45, 2.75) is 26.3 Å². The number of rotatable bonds is 3. The highest BCUT2D eigenvalue weighted by molar-refractivity contribution is 6.29. The molecule has 0 aromatic carbocycles. The zero-order chi connectivity index (χ0) is 9.97. The Morgan fingerprint density at radius 1 is 1.36 bits per heavy atom. The Morgan fingerprint density at radius 3 is 3.00 bits per heavy atom. The van der Waals surface area contributed by atoms with E-state index in [0.717, 1.165) is 17.6 Å². The van der Waals surface area contributed by atoms with Crippen molar-refractivity contribution in [1.29, 1.82) is 0 Å². The van der Waals surface area contributed by atoms with E-state index in [-0.39, 0.29) is 0 Å². The van der Waals surface area contributed by atoms with Gasteiger partial charge in [0.15, 0.2) is 0 Å². The minimum atomic E-state index is 0.564. The lowest BCUT2D eigenvalue weighted by Gasteiger charge is -2.02. The summed E-state index contributed by atoms with van der Waals surface area (Å²) in [6, 6.07) is 5.91. The molecule has 2 rings (SSSR count). The van der Waals surface area contributed by atoms with E-state index in [2.05, 4.69) is 28.7 Å². The SMILES string of the molecule is CCCCn1ccc2ccc(Cl)nc21. The van der Waals surface area contributed by atoms with Gasteiger partial charge in [-0.3, -0.25) is 0 Å². The summed E-state index contributed by atoms with van der Waals surface area (Å²) >= 11 is 5.86. The molecule has 0 aliphatic rings. The van der Waals surface area contributed by atoms with E-state index in [1.165, 1.54) is 12.8 Å². The van der Waals surface area contributed by atoms with Gasteiger partial charge in [-0.05, 0) is 24.6 Å². The van der Waals surface area contributed by atoms with Crippen LogP contribution in [0.3, 0.4) is 0 Å². The van der Waals surface area contributed by atoms with Gasteiger partial charge in [-0.2, -0.15) is 0 Å². The largest absolute Gasteiger partial charge is 0.332 e. The number of aryl methyl sites for hydroxylation is 1. The molecule has 2 nitrogen and oxygen atoms in total. The molecule has 2 aromatic rings. The number of nitrogens with zero attached hydrogens (tertiary/aromatic N) is 2. The Kier molecular flexibility index (Phi) is 2.73. The van der Waals surface area contributed by atoms with Crippen molar-refractivity contribution >= 4 is 22.6 Å². The van der Waals surface area contributed by atoms with Gasteiger partial charge in [0.2, 0.25) is 0 Å². The Morgan fingerprint density at radius 2 is 2.21 bits per heavy atom. The van der Waals surface area contributed by atoms with E-state index in [9.17, 15) is 0 Å². The third kappa shape index (κ3) is 1.75. The maximum absolute atomic E-state index is 5.86. The van der Waals surface area contributed by atoms with E-state index in [1.54, 1.807) is 0 Å². The summed E-state index contributed by atoms with van der Waals surface area (Å²) in [5, 5.41) is 1.72. The Hall–Kier alpha value is -1.02. The standard InChI is InChI=1S/C11H13ClN2/c1-2-3-7-14-8-6-9-4-5-10(12)13-11(9)14/h4-6,8H,2-3,7H2,1H3. The maximum Gasteiger partial charge on any atom is 0.141 e. The third-order valence-electron chi connectivity index (χ3n) is 2.33. The Bertz CT molecular complexity index is 434. The molecule has 0 unspecified atom stereocenters. The highest BCUT2D eigenvalue weighted by atomic mass is 35.5. The van der Waals surface area contributed by atoms with Crippen LogP contribution in [0, 0.1) is 0 Å². The first kappa shape index (κ1) is 9.53. The molecule has 0 aliphatic carbocycles. The zero-order valence-corrected chi connectivity index (χ0v) is 8.96. The van der Waals surface area contributed by atoms with Gasteiger partial charge in [-0.25, -0.2) is 4.98 Å². The van der Waals surface area contributed by atoms with Crippen LogP contribution in [0.1, 0.15) is 19.8 Å². The lowest BCUT2D eigenvalue weighted by atomic mass is 10.3. The van der Waals surface area contributed by atoms with E-state index in [0.29, 0.717) is 5.15 Å². The van der Waals surface area contributed by atoms with Crippen molar-refractivity contribution in [3.63, 3.8) is 0 Å². The number of pyridine rings is 1. The summed E-state index contributed by atoms with van der Waals surface area (Å²) in [5.41, 5.74) is 0.992. The lowest BCUT2D eigenvalue weighted by molar-refractivity contribution is 0.646. The van der Waals surface area contributed by atoms with Crippen LogP contribution < -0.4 is 0 Å². The van der Waals surface area contributed by atoms with Gasteiger partial charge in [0.1, 0.15) is 10.8 Å². The van der Waals surface area contributed by atoms with E-state index in [4.69, 9.17) is 11.6 Å². The number of unbranched alkanes of at least 4 members (excludes halogenated alkanes) is 1. The molecule has 74 valence electrons. The summed E-state index contributed by atoms with van der Waals surface area (Å²) in [7, 11) is 0. The third-order valence-corrected chi connectivity index (χ3v) is 2.54. The summed E-state index contributed by atoms with van der Waals surface area (Å²) in [6.07, 6.45) is 4.45. The number of hydrogen-bond acceptors (Lipinski definition) is 1. The molecule has 0 saturated heterocycles. The van der Waals surface area contributed by atoms with Crippen LogP contribution in [0.15, 0.2) is 24.4 Å². The Labute approximate surface area is 88.5 Å². The minimum Gasteiger partial charge on any atom is -0.332 e. The molecular formula is C11H13ClN2. The van der Waals surface area contributed by atoms with Gasteiger partial charge in [-0.15, -0.1) is 0 Å². The summed E-state index contributed by atoms with van der Waals surface area (Å²) in [4.78, 5) is 4.32. The molecule has 0 bridgehead atoms. The van der Waals surface area contributed by atoms with Crippen molar-refractivity contribution in [2.24, 2.45) is 0 Å². The highest BCUT2D eigenvalue weighted by Crippen LogP contribution is 2.17. The molecule has 0 aliphatic heterocycles.